The van der Waals surface area contributed by atoms with Crippen molar-refractivity contribution in [3.8, 4) is 0 Å². The van der Waals surface area contributed by atoms with E-state index in [2.05, 4.69) is 10.1 Å². The van der Waals surface area contributed by atoms with Crippen LogP contribution in [0.5, 0.6) is 0 Å². The van der Waals surface area contributed by atoms with E-state index in [4.69, 9.17) is 4.74 Å². The van der Waals surface area contributed by atoms with Crippen LogP contribution in [-0.4, -0.2) is 37.1 Å². The zero-order chi connectivity index (χ0) is 15.3. The molecular formula is C10H16F5NO3. The maximum Gasteiger partial charge on any atom is 0.482 e. The summed E-state index contributed by atoms with van der Waals surface area (Å²) in [6.07, 6.45) is -11.9. The Balaban J connectivity index is 3.81. The smallest absolute Gasteiger partial charge is 0.444 e. The molecular weight excluding hydrogens is 277 g/mol. The number of carbonyl (C=O) groups is 1. The monoisotopic (exact) mass is 293 g/mol. The molecule has 0 radical (unpaired) electrons. The number of carbonyl (C=O) groups excluding carboxylic acids is 1. The lowest BCUT2D eigenvalue weighted by Gasteiger charge is -2.20. The van der Waals surface area contributed by atoms with Crippen LogP contribution in [0.3, 0.4) is 0 Å². The predicted molar refractivity (Wildman–Crippen MR) is 55.8 cm³/mol. The maximum atomic E-state index is 12.3. The number of hydrogen-bond acceptors (Lipinski definition) is 3. The minimum Gasteiger partial charge on any atom is -0.444 e. The highest BCUT2D eigenvalue weighted by Crippen LogP contribution is 2.36. The van der Waals surface area contributed by atoms with Crippen molar-refractivity contribution < 1.29 is 36.2 Å². The lowest BCUT2D eigenvalue weighted by atomic mass is 10.2. The van der Waals surface area contributed by atoms with Gasteiger partial charge in [0.15, 0.2) is 0 Å². The molecule has 0 atom stereocenters. The molecule has 19 heavy (non-hydrogen) atoms. The molecule has 0 aliphatic heterocycles. The number of amides is 1. The van der Waals surface area contributed by atoms with Gasteiger partial charge in [0.1, 0.15) is 5.60 Å². The van der Waals surface area contributed by atoms with Crippen molar-refractivity contribution in [2.24, 2.45) is 0 Å². The molecule has 0 bridgehead atoms. The van der Waals surface area contributed by atoms with Crippen molar-refractivity contribution in [1.29, 1.82) is 0 Å². The lowest BCUT2D eigenvalue weighted by molar-refractivity contribution is -0.391. The predicted octanol–water partition coefficient (Wildman–Crippen LogP) is 3.07. The van der Waals surface area contributed by atoms with Gasteiger partial charge in [0.25, 0.3) is 0 Å². The molecule has 1 amide bonds. The van der Waals surface area contributed by atoms with Gasteiger partial charge in [-0.3, -0.25) is 0 Å². The molecule has 9 heteroatoms. The second-order valence-corrected chi connectivity index (χ2v) is 4.65. The average molecular weight is 293 g/mol. The van der Waals surface area contributed by atoms with Gasteiger partial charge in [-0.15, -0.1) is 0 Å². The Kier molecular flexibility index (Phi) is 5.98. The van der Waals surface area contributed by atoms with E-state index in [1.165, 1.54) is 0 Å². The van der Waals surface area contributed by atoms with Crippen LogP contribution >= 0.6 is 0 Å². The van der Waals surface area contributed by atoms with E-state index in [1.54, 1.807) is 20.8 Å². The Morgan fingerprint density at radius 1 is 1.11 bits per heavy atom. The van der Waals surface area contributed by atoms with Crippen LogP contribution in [0.4, 0.5) is 26.7 Å². The van der Waals surface area contributed by atoms with E-state index in [1.807, 2.05) is 0 Å². The minimum atomic E-state index is -5.74. The summed E-state index contributed by atoms with van der Waals surface area (Å²) in [6.45, 7) is 3.89. The summed E-state index contributed by atoms with van der Waals surface area (Å²) in [5, 5.41) is 2.20. The Morgan fingerprint density at radius 3 is 2.05 bits per heavy atom. The molecule has 0 rings (SSSR count). The first-order valence-electron chi connectivity index (χ1n) is 5.40. The molecule has 0 aromatic rings. The third kappa shape index (κ3) is 7.81. The number of alkyl carbamates (subject to hydrolysis) is 1. The summed E-state index contributed by atoms with van der Waals surface area (Å²) in [4.78, 5) is 11.1. The van der Waals surface area contributed by atoms with Crippen LogP contribution in [0.1, 0.15) is 27.2 Å². The fourth-order valence-corrected chi connectivity index (χ4v) is 0.859. The molecule has 0 aromatic heterocycles. The van der Waals surface area contributed by atoms with Crippen molar-refractivity contribution in [3.05, 3.63) is 0 Å². The second kappa shape index (κ2) is 6.36. The van der Waals surface area contributed by atoms with Crippen LogP contribution < -0.4 is 5.32 Å². The Labute approximate surface area is 107 Å². The molecule has 0 aromatic carbocycles. The van der Waals surface area contributed by atoms with Crippen molar-refractivity contribution in [2.45, 2.75) is 45.1 Å². The van der Waals surface area contributed by atoms with E-state index in [-0.39, 0.29) is 13.0 Å². The van der Waals surface area contributed by atoms with Crippen LogP contribution in [0.2, 0.25) is 0 Å². The van der Waals surface area contributed by atoms with Gasteiger partial charge in [-0.25, -0.2) is 4.79 Å². The Morgan fingerprint density at radius 2 is 1.63 bits per heavy atom. The summed E-state index contributed by atoms with van der Waals surface area (Å²) >= 11 is 0. The number of ether oxygens (including phenoxy) is 2. The summed E-state index contributed by atoms with van der Waals surface area (Å²) in [5.41, 5.74) is -0.718. The van der Waals surface area contributed by atoms with Gasteiger partial charge in [0.05, 0.1) is 6.61 Å². The number of hydrogen-bond donors (Lipinski definition) is 1. The molecule has 0 spiro atoms. The van der Waals surface area contributed by atoms with Crippen LogP contribution in [0.25, 0.3) is 0 Å². The average Bonchev–Trinajstić information content (AvgIpc) is 2.11. The zero-order valence-corrected chi connectivity index (χ0v) is 10.7. The third-order valence-corrected chi connectivity index (χ3v) is 1.60. The van der Waals surface area contributed by atoms with Crippen LogP contribution in [0, 0.1) is 0 Å². The highest BCUT2D eigenvalue weighted by Gasteiger charge is 2.59. The topological polar surface area (TPSA) is 47.6 Å². The highest BCUT2D eigenvalue weighted by molar-refractivity contribution is 5.67. The Hall–Kier alpha value is -1.12. The highest BCUT2D eigenvalue weighted by atomic mass is 19.4. The Bertz CT molecular complexity index is 299. The molecule has 0 heterocycles. The molecule has 0 unspecified atom stereocenters. The first-order chi connectivity index (χ1) is 8.35. The van der Waals surface area contributed by atoms with E-state index >= 15 is 0 Å². The molecule has 0 saturated heterocycles. The third-order valence-electron chi connectivity index (χ3n) is 1.60. The summed E-state index contributed by atoms with van der Waals surface area (Å²) < 4.78 is 67.9. The largest absolute Gasteiger partial charge is 0.482 e. The molecule has 0 aliphatic carbocycles. The quantitative estimate of drug-likeness (QED) is 0.626. The number of rotatable bonds is 5. The minimum absolute atomic E-state index is 0.136. The van der Waals surface area contributed by atoms with Crippen molar-refractivity contribution >= 4 is 6.09 Å². The van der Waals surface area contributed by atoms with E-state index < -0.39 is 30.6 Å². The first kappa shape index (κ1) is 17.9. The molecule has 114 valence electrons. The second-order valence-electron chi connectivity index (χ2n) is 4.65. The number of nitrogens with one attached hydrogen (secondary N) is 1. The maximum absolute atomic E-state index is 12.3. The fourth-order valence-electron chi connectivity index (χ4n) is 0.859. The summed E-state index contributed by atoms with van der Waals surface area (Å²) in [6, 6.07) is 0. The SMILES string of the molecule is CC(C)(C)OC(=O)NCCCOC(F)(F)C(F)(F)F. The normalized spacial score (nSPS) is 13.3. The first-order valence-corrected chi connectivity index (χ1v) is 5.40. The molecule has 1 N–H and O–H groups in total. The van der Waals surface area contributed by atoms with Gasteiger partial charge < -0.3 is 14.8 Å². The standard InChI is InChI=1S/C10H16F5NO3/c1-8(2,3)19-7(17)16-5-4-6-18-10(14,15)9(11,12)13/h4-6H2,1-3H3,(H,16,17). The fraction of sp³-hybridized carbons (Fsp3) is 0.900. The van der Waals surface area contributed by atoms with E-state index in [0.717, 1.165) is 0 Å². The summed E-state index contributed by atoms with van der Waals surface area (Å²) in [5.74, 6) is 0. The number of halogens is 5. The number of alkyl halides is 5. The molecule has 0 fully saturated rings. The summed E-state index contributed by atoms with van der Waals surface area (Å²) in [7, 11) is 0. The van der Waals surface area contributed by atoms with Gasteiger partial charge in [-0.05, 0) is 27.2 Å². The van der Waals surface area contributed by atoms with Crippen molar-refractivity contribution in [3.63, 3.8) is 0 Å². The molecule has 0 aliphatic rings. The van der Waals surface area contributed by atoms with Crippen molar-refractivity contribution in [2.75, 3.05) is 13.2 Å². The van der Waals surface area contributed by atoms with E-state index in [0.29, 0.717) is 0 Å². The van der Waals surface area contributed by atoms with Crippen LogP contribution in [-0.2, 0) is 9.47 Å². The van der Waals surface area contributed by atoms with Gasteiger partial charge in [0, 0.05) is 6.54 Å². The lowest BCUT2D eigenvalue weighted by Crippen LogP contribution is -2.40. The van der Waals surface area contributed by atoms with Gasteiger partial charge in [0.2, 0.25) is 0 Å². The van der Waals surface area contributed by atoms with Gasteiger partial charge in [-0.2, -0.15) is 22.0 Å². The van der Waals surface area contributed by atoms with E-state index in [9.17, 15) is 26.7 Å². The van der Waals surface area contributed by atoms with Crippen molar-refractivity contribution in [1.82, 2.24) is 5.32 Å². The van der Waals surface area contributed by atoms with Crippen LogP contribution in [0.15, 0.2) is 0 Å². The van der Waals surface area contributed by atoms with Gasteiger partial charge in [-0.1, -0.05) is 0 Å². The molecule has 4 nitrogen and oxygen atoms in total. The van der Waals surface area contributed by atoms with Gasteiger partial charge >= 0.3 is 18.4 Å². The zero-order valence-electron chi connectivity index (χ0n) is 10.7. The molecule has 0 saturated carbocycles.